The molecule has 2 aromatic rings. The van der Waals surface area contributed by atoms with Crippen molar-refractivity contribution >= 4 is 23.2 Å². The average molecular weight is 453 g/mol. The van der Waals surface area contributed by atoms with Crippen molar-refractivity contribution < 1.29 is 9.59 Å². The Labute approximate surface area is 196 Å². The zero-order valence-electron chi connectivity index (χ0n) is 19.9. The number of hydrogen-bond acceptors (Lipinski definition) is 3. The normalized spacial score (nSPS) is 18.4. The number of carbonyl (C=O) groups excluding carboxylic acids is 2. The molecule has 0 radical (unpaired) electrons. The third kappa shape index (κ3) is 4.93. The summed E-state index contributed by atoms with van der Waals surface area (Å²) >= 11 is 1.78. The maximum absolute atomic E-state index is 13.6. The summed E-state index contributed by atoms with van der Waals surface area (Å²) in [7, 11) is 0. The van der Waals surface area contributed by atoms with Crippen LogP contribution in [0.2, 0.25) is 0 Å². The van der Waals surface area contributed by atoms with E-state index in [9.17, 15) is 9.59 Å². The van der Waals surface area contributed by atoms with Gasteiger partial charge in [0.2, 0.25) is 11.8 Å². The fourth-order valence-corrected chi connectivity index (χ4v) is 5.47. The van der Waals surface area contributed by atoms with Crippen LogP contribution in [0.4, 0.5) is 0 Å². The predicted molar refractivity (Wildman–Crippen MR) is 131 cm³/mol. The lowest BCUT2D eigenvalue weighted by Crippen LogP contribution is -2.47. The van der Waals surface area contributed by atoms with E-state index < -0.39 is 0 Å². The van der Waals surface area contributed by atoms with Crippen LogP contribution in [0.15, 0.2) is 35.7 Å². The molecule has 1 unspecified atom stereocenters. The quantitative estimate of drug-likeness (QED) is 0.552. The predicted octanol–water partition coefficient (Wildman–Crippen LogP) is 5.56. The number of hydrogen-bond donors (Lipinski definition) is 0. The van der Waals surface area contributed by atoms with E-state index in [4.69, 9.17) is 0 Å². The fourth-order valence-electron chi connectivity index (χ4n) is 4.57. The zero-order chi connectivity index (χ0) is 22.9. The number of amides is 2. The molecular formula is C27H36N2O2S. The lowest BCUT2D eigenvalue weighted by Gasteiger charge is -2.38. The Morgan fingerprint density at radius 1 is 1.12 bits per heavy atom. The topological polar surface area (TPSA) is 40.6 Å². The van der Waals surface area contributed by atoms with Crippen LogP contribution in [0.5, 0.6) is 0 Å². The minimum absolute atomic E-state index is 0.0665. The summed E-state index contributed by atoms with van der Waals surface area (Å²) in [5.74, 6) is 0.383. The van der Waals surface area contributed by atoms with Gasteiger partial charge in [-0.25, -0.2) is 0 Å². The number of rotatable bonds is 7. The van der Waals surface area contributed by atoms with E-state index in [0.29, 0.717) is 13.1 Å². The second-order valence-electron chi connectivity index (χ2n) is 10.3. The Kier molecular flexibility index (Phi) is 6.75. The second-order valence-corrected chi connectivity index (χ2v) is 11.3. The summed E-state index contributed by atoms with van der Waals surface area (Å²) < 4.78 is 0. The molecule has 4 nitrogen and oxygen atoms in total. The summed E-state index contributed by atoms with van der Waals surface area (Å²) in [6.07, 6.45) is 4.80. The first-order valence-electron chi connectivity index (χ1n) is 12.0. The molecule has 0 saturated heterocycles. The van der Waals surface area contributed by atoms with Crippen molar-refractivity contribution in [2.24, 2.45) is 5.92 Å². The maximum Gasteiger partial charge on any atom is 0.242 e. The molecule has 1 fully saturated rings. The van der Waals surface area contributed by atoms with Crippen LogP contribution in [0, 0.1) is 5.92 Å². The van der Waals surface area contributed by atoms with Crippen molar-refractivity contribution in [3.05, 3.63) is 57.3 Å². The molecule has 1 aliphatic heterocycles. The minimum atomic E-state index is -0.0735. The molecule has 1 aromatic carbocycles. The van der Waals surface area contributed by atoms with Crippen molar-refractivity contribution in [3.8, 4) is 0 Å². The number of carbonyl (C=O) groups is 2. The van der Waals surface area contributed by atoms with Gasteiger partial charge in [0, 0.05) is 23.9 Å². The van der Waals surface area contributed by atoms with Gasteiger partial charge in [-0.2, -0.15) is 0 Å². The standard InChI is InChI=1S/C27H36N2O2S/c1-5-6-15-28(26(31)20-7-8-20)18-24(30)29-16-13-23-22(14-17-32-23)25(29)19-9-11-21(12-10-19)27(2,3)4/h9-12,14,17,20,25H,5-8,13,15-16,18H2,1-4H3. The van der Waals surface area contributed by atoms with Crippen molar-refractivity contribution in [2.45, 2.75) is 71.3 Å². The number of thiophene rings is 1. The van der Waals surface area contributed by atoms with E-state index in [1.165, 1.54) is 16.0 Å². The summed E-state index contributed by atoms with van der Waals surface area (Å²) in [5.41, 5.74) is 3.78. The largest absolute Gasteiger partial charge is 0.333 e. The van der Waals surface area contributed by atoms with E-state index in [2.05, 4.69) is 63.4 Å². The van der Waals surface area contributed by atoms with Gasteiger partial charge in [-0.3, -0.25) is 9.59 Å². The first-order chi connectivity index (χ1) is 15.3. The van der Waals surface area contributed by atoms with E-state index in [1.807, 2.05) is 9.80 Å². The third-order valence-electron chi connectivity index (χ3n) is 6.72. The van der Waals surface area contributed by atoms with Gasteiger partial charge in [0.05, 0.1) is 12.6 Å². The number of benzene rings is 1. The molecule has 1 aliphatic carbocycles. The monoisotopic (exact) mass is 452 g/mol. The van der Waals surface area contributed by atoms with E-state index in [0.717, 1.165) is 37.7 Å². The van der Waals surface area contributed by atoms with E-state index >= 15 is 0 Å². The summed E-state index contributed by atoms with van der Waals surface area (Å²) in [5, 5.41) is 2.14. The van der Waals surface area contributed by atoms with Crippen LogP contribution in [-0.4, -0.2) is 41.2 Å². The van der Waals surface area contributed by atoms with Crippen LogP contribution in [0.3, 0.4) is 0 Å². The second kappa shape index (κ2) is 9.38. The highest BCUT2D eigenvalue weighted by atomic mass is 32.1. The molecule has 1 saturated carbocycles. The van der Waals surface area contributed by atoms with Crippen LogP contribution in [0.25, 0.3) is 0 Å². The number of fused-ring (bicyclic) bond motifs is 1. The molecule has 32 heavy (non-hydrogen) atoms. The molecule has 4 rings (SSSR count). The molecule has 5 heteroatoms. The molecule has 0 N–H and O–H groups in total. The molecular weight excluding hydrogens is 416 g/mol. The zero-order valence-corrected chi connectivity index (χ0v) is 20.7. The van der Waals surface area contributed by atoms with Crippen LogP contribution < -0.4 is 0 Å². The molecule has 1 aromatic heterocycles. The average Bonchev–Trinajstić information content (AvgIpc) is 3.51. The van der Waals surface area contributed by atoms with Gasteiger partial charge in [0.25, 0.3) is 0 Å². The number of nitrogens with zero attached hydrogens (tertiary/aromatic N) is 2. The molecule has 1 atom stereocenters. The molecule has 0 bridgehead atoms. The van der Waals surface area contributed by atoms with Crippen molar-refractivity contribution in [3.63, 3.8) is 0 Å². The first kappa shape index (κ1) is 23.0. The lowest BCUT2D eigenvalue weighted by molar-refractivity contribution is -0.142. The van der Waals surface area contributed by atoms with Gasteiger partial charge in [-0.05, 0) is 59.2 Å². The summed E-state index contributed by atoms with van der Waals surface area (Å²) in [6.45, 7) is 10.4. The van der Waals surface area contributed by atoms with Crippen LogP contribution in [0.1, 0.15) is 81.0 Å². The van der Waals surface area contributed by atoms with Crippen LogP contribution in [-0.2, 0) is 21.4 Å². The Balaban J connectivity index is 1.59. The molecule has 2 amide bonds. The molecule has 172 valence electrons. The Bertz CT molecular complexity index is 953. The lowest BCUT2D eigenvalue weighted by atomic mass is 9.85. The number of unbranched alkanes of at least 4 members (excludes halogenated alkanes) is 1. The Morgan fingerprint density at radius 3 is 2.47 bits per heavy atom. The van der Waals surface area contributed by atoms with Crippen molar-refractivity contribution in [1.29, 1.82) is 0 Å². The van der Waals surface area contributed by atoms with Crippen LogP contribution >= 0.6 is 11.3 Å². The third-order valence-corrected chi connectivity index (χ3v) is 7.72. The molecule has 0 spiro atoms. The fraction of sp³-hybridized carbons (Fsp3) is 0.556. The van der Waals surface area contributed by atoms with Gasteiger partial charge < -0.3 is 9.80 Å². The minimum Gasteiger partial charge on any atom is -0.333 e. The highest BCUT2D eigenvalue weighted by Crippen LogP contribution is 2.39. The highest BCUT2D eigenvalue weighted by molar-refractivity contribution is 7.10. The smallest absolute Gasteiger partial charge is 0.242 e. The molecule has 2 aliphatic rings. The first-order valence-corrected chi connectivity index (χ1v) is 12.9. The molecule has 2 heterocycles. The van der Waals surface area contributed by atoms with Gasteiger partial charge in [0.1, 0.15) is 0 Å². The van der Waals surface area contributed by atoms with Gasteiger partial charge >= 0.3 is 0 Å². The Hall–Kier alpha value is -2.14. The Morgan fingerprint density at radius 2 is 1.84 bits per heavy atom. The summed E-state index contributed by atoms with van der Waals surface area (Å²) in [4.78, 5) is 31.6. The van der Waals surface area contributed by atoms with Crippen molar-refractivity contribution in [2.75, 3.05) is 19.6 Å². The highest BCUT2D eigenvalue weighted by Gasteiger charge is 2.37. The summed E-state index contributed by atoms with van der Waals surface area (Å²) in [6, 6.07) is 10.9. The maximum atomic E-state index is 13.6. The van der Waals surface area contributed by atoms with Gasteiger partial charge in [-0.15, -0.1) is 11.3 Å². The van der Waals surface area contributed by atoms with E-state index in [-0.39, 0.29) is 35.7 Å². The SMILES string of the molecule is CCCCN(CC(=O)N1CCc2sccc2C1c1ccc(C(C)(C)C)cc1)C(=O)C1CC1. The van der Waals surface area contributed by atoms with E-state index in [1.54, 1.807) is 11.3 Å². The van der Waals surface area contributed by atoms with Crippen molar-refractivity contribution in [1.82, 2.24) is 9.80 Å². The van der Waals surface area contributed by atoms with Gasteiger partial charge in [0.15, 0.2) is 0 Å². The van der Waals surface area contributed by atoms with Gasteiger partial charge in [-0.1, -0.05) is 58.4 Å².